The van der Waals surface area contributed by atoms with Crippen LogP contribution in [-0.2, 0) is 0 Å². The number of hydrogen-bond donors (Lipinski definition) is 1. The highest BCUT2D eigenvalue weighted by Crippen LogP contribution is 2.51. The van der Waals surface area contributed by atoms with Crippen LogP contribution < -0.4 is 5.73 Å². The highest BCUT2D eigenvalue weighted by Gasteiger charge is 2.41. The van der Waals surface area contributed by atoms with E-state index in [9.17, 15) is 0 Å². The molecule has 14 heavy (non-hydrogen) atoms. The fourth-order valence-corrected chi connectivity index (χ4v) is 3.26. The summed E-state index contributed by atoms with van der Waals surface area (Å²) in [7, 11) is 0. The Bertz CT molecular complexity index is 360. The van der Waals surface area contributed by atoms with E-state index in [1.54, 1.807) is 6.20 Å². The molecule has 1 aromatic rings. The van der Waals surface area contributed by atoms with Gasteiger partial charge in [-0.1, -0.05) is 18.0 Å². The van der Waals surface area contributed by atoms with Crippen LogP contribution in [0.5, 0.6) is 0 Å². The van der Waals surface area contributed by atoms with Crippen LogP contribution >= 0.6 is 11.6 Å². The summed E-state index contributed by atoms with van der Waals surface area (Å²) in [5.41, 5.74) is 5.88. The van der Waals surface area contributed by atoms with E-state index in [0.29, 0.717) is 16.9 Å². The SMILES string of the molecule is Nc1c(Cl)cnn1C1CC2CCC1C2. The zero-order chi connectivity index (χ0) is 9.71. The normalized spacial score (nSPS) is 35.4. The van der Waals surface area contributed by atoms with Gasteiger partial charge in [-0.3, -0.25) is 0 Å². The molecule has 3 unspecified atom stereocenters. The van der Waals surface area contributed by atoms with Crippen LogP contribution in [0.1, 0.15) is 31.7 Å². The molecule has 0 aromatic carbocycles. The van der Waals surface area contributed by atoms with Gasteiger partial charge in [-0.15, -0.1) is 0 Å². The molecule has 2 saturated carbocycles. The molecule has 2 aliphatic rings. The van der Waals surface area contributed by atoms with Crippen molar-refractivity contribution in [1.29, 1.82) is 0 Å². The topological polar surface area (TPSA) is 43.8 Å². The Morgan fingerprint density at radius 1 is 1.43 bits per heavy atom. The van der Waals surface area contributed by atoms with E-state index < -0.39 is 0 Å². The van der Waals surface area contributed by atoms with E-state index in [-0.39, 0.29) is 0 Å². The number of nitrogens with two attached hydrogens (primary N) is 1. The third-order valence-corrected chi connectivity index (χ3v) is 4.09. The summed E-state index contributed by atoms with van der Waals surface area (Å²) in [4.78, 5) is 0. The predicted octanol–water partition coefficient (Wildman–Crippen LogP) is 2.48. The quantitative estimate of drug-likeness (QED) is 0.776. The fourth-order valence-electron chi connectivity index (χ4n) is 3.13. The minimum Gasteiger partial charge on any atom is -0.383 e. The maximum absolute atomic E-state index is 5.90. The van der Waals surface area contributed by atoms with Crippen LogP contribution in [0.3, 0.4) is 0 Å². The van der Waals surface area contributed by atoms with Crippen LogP contribution in [0.15, 0.2) is 6.20 Å². The Kier molecular flexibility index (Phi) is 1.78. The molecule has 2 aliphatic carbocycles. The number of anilines is 1. The second kappa shape index (κ2) is 2.89. The van der Waals surface area contributed by atoms with Crippen LogP contribution in [0, 0.1) is 11.8 Å². The number of fused-ring (bicyclic) bond motifs is 2. The van der Waals surface area contributed by atoms with Crippen molar-refractivity contribution in [3.63, 3.8) is 0 Å². The highest BCUT2D eigenvalue weighted by atomic mass is 35.5. The van der Waals surface area contributed by atoms with Gasteiger partial charge in [-0.2, -0.15) is 5.10 Å². The van der Waals surface area contributed by atoms with Gasteiger partial charge in [0.2, 0.25) is 0 Å². The van der Waals surface area contributed by atoms with E-state index in [2.05, 4.69) is 5.10 Å². The summed E-state index contributed by atoms with van der Waals surface area (Å²) < 4.78 is 1.94. The van der Waals surface area contributed by atoms with Crippen LogP contribution in [0.2, 0.25) is 5.02 Å². The molecule has 0 aliphatic heterocycles. The maximum atomic E-state index is 5.90. The number of nitrogen functional groups attached to an aromatic ring is 1. The van der Waals surface area contributed by atoms with Crippen molar-refractivity contribution in [2.45, 2.75) is 31.7 Å². The third-order valence-electron chi connectivity index (χ3n) is 3.80. The molecule has 3 rings (SSSR count). The average Bonchev–Trinajstić information content (AvgIpc) is 2.84. The Morgan fingerprint density at radius 3 is 2.79 bits per heavy atom. The van der Waals surface area contributed by atoms with Crippen molar-refractivity contribution >= 4 is 17.4 Å². The van der Waals surface area contributed by atoms with E-state index in [0.717, 1.165) is 11.8 Å². The number of aromatic nitrogens is 2. The van der Waals surface area contributed by atoms with Gasteiger partial charge in [0.05, 0.1) is 12.2 Å². The van der Waals surface area contributed by atoms with Crippen LogP contribution in [0.25, 0.3) is 0 Å². The fraction of sp³-hybridized carbons (Fsp3) is 0.700. The van der Waals surface area contributed by atoms with E-state index in [1.165, 1.54) is 25.7 Å². The first-order chi connectivity index (χ1) is 6.75. The molecule has 3 atom stereocenters. The largest absolute Gasteiger partial charge is 0.383 e. The van der Waals surface area contributed by atoms with Gasteiger partial charge in [0, 0.05) is 0 Å². The Balaban J connectivity index is 1.93. The lowest BCUT2D eigenvalue weighted by Crippen LogP contribution is -2.18. The zero-order valence-electron chi connectivity index (χ0n) is 7.99. The number of halogens is 1. The molecule has 1 aromatic heterocycles. The van der Waals surface area contributed by atoms with Gasteiger partial charge in [-0.05, 0) is 31.1 Å². The van der Waals surface area contributed by atoms with Gasteiger partial charge in [0.15, 0.2) is 0 Å². The number of rotatable bonds is 1. The number of nitrogens with zero attached hydrogens (tertiary/aromatic N) is 2. The maximum Gasteiger partial charge on any atom is 0.140 e. The molecule has 2 N–H and O–H groups in total. The van der Waals surface area contributed by atoms with Gasteiger partial charge < -0.3 is 5.73 Å². The molecular formula is C10H14ClN3. The summed E-state index contributed by atoms with van der Waals surface area (Å²) in [5, 5.41) is 4.87. The summed E-state index contributed by atoms with van der Waals surface area (Å²) in [5.74, 6) is 2.34. The molecule has 3 nitrogen and oxygen atoms in total. The van der Waals surface area contributed by atoms with E-state index in [1.807, 2.05) is 4.68 Å². The number of hydrogen-bond acceptors (Lipinski definition) is 2. The average molecular weight is 212 g/mol. The molecule has 0 radical (unpaired) electrons. The Labute approximate surface area is 88.2 Å². The molecule has 0 saturated heterocycles. The van der Waals surface area contributed by atoms with Crippen molar-refractivity contribution in [2.75, 3.05) is 5.73 Å². The van der Waals surface area contributed by atoms with Gasteiger partial charge >= 0.3 is 0 Å². The van der Waals surface area contributed by atoms with Crippen molar-refractivity contribution in [3.05, 3.63) is 11.2 Å². The van der Waals surface area contributed by atoms with E-state index in [4.69, 9.17) is 17.3 Å². The molecule has 4 heteroatoms. The molecule has 0 spiro atoms. The van der Waals surface area contributed by atoms with Gasteiger partial charge in [0.1, 0.15) is 10.8 Å². The molecule has 76 valence electrons. The monoisotopic (exact) mass is 211 g/mol. The first-order valence-corrected chi connectivity index (χ1v) is 5.62. The molecule has 2 bridgehead atoms. The summed E-state index contributed by atoms with van der Waals surface area (Å²) in [6, 6.07) is 0.515. The smallest absolute Gasteiger partial charge is 0.140 e. The molecule has 0 amide bonds. The first kappa shape index (κ1) is 8.60. The summed E-state index contributed by atoms with van der Waals surface area (Å²) in [6.45, 7) is 0. The lowest BCUT2D eigenvalue weighted by atomic mass is 9.95. The summed E-state index contributed by atoms with van der Waals surface area (Å²) in [6.07, 6.45) is 7.00. The molecular weight excluding hydrogens is 198 g/mol. The van der Waals surface area contributed by atoms with Gasteiger partial charge in [0.25, 0.3) is 0 Å². The molecule has 2 fully saturated rings. The highest BCUT2D eigenvalue weighted by molar-refractivity contribution is 6.32. The predicted molar refractivity (Wildman–Crippen MR) is 56.1 cm³/mol. The van der Waals surface area contributed by atoms with Crippen molar-refractivity contribution in [3.8, 4) is 0 Å². The second-order valence-corrected chi connectivity index (χ2v) is 4.97. The lowest BCUT2D eigenvalue weighted by Gasteiger charge is -2.22. The molecule has 1 heterocycles. The van der Waals surface area contributed by atoms with Crippen LogP contribution in [0.4, 0.5) is 5.82 Å². The third kappa shape index (κ3) is 1.08. The standard InChI is InChI=1S/C10H14ClN3/c11-8-5-13-14(10(8)12)9-4-6-1-2-7(9)3-6/h5-7,9H,1-4,12H2. The Morgan fingerprint density at radius 2 is 2.29 bits per heavy atom. The lowest BCUT2D eigenvalue weighted by molar-refractivity contribution is 0.310. The first-order valence-electron chi connectivity index (χ1n) is 5.24. The van der Waals surface area contributed by atoms with E-state index >= 15 is 0 Å². The minimum absolute atomic E-state index is 0.515. The van der Waals surface area contributed by atoms with Crippen molar-refractivity contribution in [1.82, 2.24) is 9.78 Å². The van der Waals surface area contributed by atoms with Crippen LogP contribution in [-0.4, -0.2) is 9.78 Å². The van der Waals surface area contributed by atoms with Crippen molar-refractivity contribution in [2.24, 2.45) is 11.8 Å². The summed E-state index contributed by atoms with van der Waals surface area (Å²) >= 11 is 5.90. The minimum atomic E-state index is 0.515. The Hall–Kier alpha value is -0.700. The van der Waals surface area contributed by atoms with Gasteiger partial charge in [-0.25, -0.2) is 4.68 Å². The van der Waals surface area contributed by atoms with Crippen molar-refractivity contribution < 1.29 is 0 Å². The second-order valence-electron chi connectivity index (χ2n) is 4.56. The zero-order valence-corrected chi connectivity index (χ0v) is 8.74.